The number of halogens is 1. The zero-order chi connectivity index (χ0) is 13.8. The highest BCUT2D eigenvalue weighted by Gasteiger charge is 2.08. The number of anilines is 1. The number of aromatic nitrogens is 3. The lowest BCUT2D eigenvalue weighted by Crippen LogP contribution is -2.19. The molecule has 0 aliphatic rings. The van der Waals surface area contributed by atoms with Gasteiger partial charge in [-0.3, -0.25) is 9.58 Å². The Labute approximate surface area is 117 Å². The SMILES string of the molecule is CN(Cc1cnn(C)c1)Cc1nc(NN)ccc1Cl. The van der Waals surface area contributed by atoms with E-state index in [-0.39, 0.29) is 0 Å². The van der Waals surface area contributed by atoms with Gasteiger partial charge in [-0.05, 0) is 19.2 Å². The zero-order valence-corrected chi connectivity index (χ0v) is 11.7. The predicted molar refractivity (Wildman–Crippen MR) is 75.4 cm³/mol. The summed E-state index contributed by atoms with van der Waals surface area (Å²) >= 11 is 6.13. The van der Waals surface area contributed by atoms with Crippen LogP contribution in [0, 0.1) is 0 Å². The van der Waals surface area contributed by atoms with Crippen molar-refractivity contribution in [3.05, 3.63) is 40.8 Å². The van der Waals surface area contributed by atoms with Gasteiger partial charge in [0.2, 0.25) is 0 Å². The summed E-state index contributed by atoms with van der Waals surface area (Å²) in [7, 11) is 3.91. The van der Waals surface area contributed by atoms with E-state index in [0.717, 1.165) is 17.8 Å². The van der Waals surface area contributed by atoms with Crippen molar-refractivity contribution in [2.24, 2.45) is 12.9 Å². The van der Waals surface area contributed by atoms with Crippen molar-refractivity contribution >= 4 is 17.4 Å². The lowest BCUT2D eigenvalue weighted by atomic mass is 10.3. The van der Waals surface area contributed by atoms with Gasteiger partial charge in [0.1, 0.15) is 5.82 Å². The highest BCUT2D eigenvalue weighted by molar-refractivity contribution is 6.31. The minimum absolute atomic E-state index is 0.606. The van der Waals surface area contributed by atoms with Gasteiger partial charge in [-0.25, -0.2) is 10.8 Å². The first-order valence-electron chi connectivity index (χ1n) is 5.86. The first kappa shape index (κ1) is 13.8. The first-order valence-corrected chi connectivity index (χ1v) is 6.24. The molecule has 0 saturated carbocycles. The molecule has 0 aromatic carbocycles. The van der Waals surface area contributed by atoms with Gasteiger partial charge in [-0.1, -0.05) is 11.6 Å². The normalized spacial score (nSPS) is 11.0. The van der Waals surface area contributed by atoms with E-state index < -0.39 is 0 Å². The van der Waals surface area contributed by atoms with Crippen molar-refractivity contribution in [2.75, 3.05) is 12.5 Å². The molecule has 0 aliphatic carbocycles. The molecule has 0 fully saturated rings. The molecule has 0 bridgehead atoms. The van der Waals surface area contributed by atoms with Crippen LogP contribution in [0.5, 0.6) is 0 Å². The third-order valence-corrected chi connectivity index (χ3v) is 3.04. The van der Waals surface area contributed by atoms with Gasteiger partial charge in [0, 0.05) is 31.9 Å². The van der Waals surface area contributed by atoms with Gasteiger partial charge in [0.25, 0.3) is 0 Å². The third-order valence-electron chi connectivity index (χ3n) is 2.70. The van der Waals surface area contributed by atoms with E-state index in [9.17, 15) is 0 Å². The maximum atomic E-state index is 6.13. The molecule has 0 radical (unpaired) electrons. The summed E-state index contributed by atoms with van der Waals surface area (Å²) < 4.78 is 1.79. The number of hydrogen-bond donors (Lipinski definition) is 2. The average molecular weight is 281 g/mol. The second-order valence-electron chi connectivity index (χ2n) is 4.46. The van der Waals surface area contributed by atoms with Gasteiger partial charge in [0.05, 0.1) is 16.9 Å². The van der Waals surface area contributed by atoms with Crippen LogP contribution in [-0.2, 0) is 20.1 Å². The molecule has 0 unspecified atom stereocenters. The monoisotopic (exact) mass is 280 g/mol. The van der Waals surface area contributed by atoms with Crippen LogP contribution in [0.25, 0.3) is 0 Å². The maximum Gasteiger partial charge on any atom is 0.140 e. The van der Waals surface area contributed by atoms with Gasteiger partial charge < -0.3 is 5.43 Å². The second kappa shape index (κ2) is 6.01. The molecule has 0 amide bonds. The van der Waals surface area contributed by atoms with Crippen LogP contribution in [0.3, 0.4) is 0 Å². The molecule has 0 atom stereocenters. The minimum Gasteiger partial charge on any atom is -0.308 e. The van der Waals surface area contributed by atoms with Gasteiger partial charge in [-0.2, -0.15) is 5.10 Å². The Morgan fingerprint density at radius 2 is 2.21 bits per heavy atom. The summed E-state index contributed by atoms with van der Waals surface area (Å²) in [5.74, 6) is 5.95. The Balaban J connectivity index is 2.03. The third kappa shape index (κ3) is 3.66. The summed E-state index contributed by atoms with van der Waals surface area (Å²) in [5, 5.41) is 4.78. The van der Waals surface area contributed by atoms with E-state index >= 15 is 0 Å². The van der Waals surface area contributed by atoms with Crippen molar-refractivity contribution in [1.29, 1.82) is 0 Å². The molecule has 6 nitrogen and oxygen atoms in total. The topological polar surface area (TPSA) is 72.0 Å². The van der Waals surface area contributed by atoms with Crippen molar-refractivity contribution in [3.63, 3.8) is 0 Å². The van der Waals surface area contributed by atoms with Crippen LogP contribution in [0.1, 0.15) is 11.3 Å². The molecule has 7 heteroatoms. The number of nitrogens with one attached hydrogen (secondary N) is 1. The average Bonchev–Trinajstić information content (AvgIpc) is 2.77. The lowest BCUT2D eigenvalue weighted by molar-refractivity contribution is 0.315. The number of aryl methyl sites for hydroxylation is 1. The number of pyridine rings is 1. The van der Waals surface area contributed by atoms with E-state index in [4.69, 9.17) is 17.4 Å². The Bertz CT molecular complexity index is 553. The smallest absolute Gasteiger partial charge is 0.140 e. The van der Waals surface area contributed by atoms with E-state index in [1.807, 2.05) is 26.5 Å². The molecular weight excluding hydrogens is 264 g/mol. The van der Waals surface area contributed by atoms with Gasteiger partial charge in [0.15, 0.2) is 0 Å². The minimum atomic E-state index is 0.606. The molecule has 2 aromatic rings. The van der Waals surface area contributed by atoms with E-state index in [1.54, 1.807) is 16.8 Å². The first-order chi connectivity index (χ1) is 9.08. The number of rotatable bonds is 5. The van der Waals surface area contributed by atoms with E-state index in [0.29, 0.717) is 17.4 Å². The molecule has 0 aliphatic heterocycles. The maximum absolute atomic E-state index is 6.13. The van der Waals surface area contributed by atoms with E-state index in [2.05, 4.69) is 20.4 Å². The number of nitrogen functional groups attached to an aromatic ring is 1. The van der Waals surface area contributed by atoms with Crippen molar-refractivity contribution in [3.8, 4) is 0 Å². The quantitative estimate of drug-likeness (QED) is 0.640. The lowest BCUT2D eigenvalue weighted by Gasteiger charge is -2.16. The summed E-state index contributed by atoms with van der Waals surface area (Å²) in [4.78, 5) is 6.46. The number of hydrogen-bond acceptors (Lipinski definition) is 5. The van der Waals surface area contributed by atoms with Crippen LogP contribution in [0.4, 0.5) is 5.82 Å². The van der Waals surface area contributed by atoms with E-state index in [1.165, 1.54) is 0 Å². The summed E-state index contributed by atoms with van der Waals surface area (Å²) in [6, 6.07) is 3.53. The molecule has 19 heavy (non-hydrogen) atoms. The van der Waals surface area contributed by atoms with Crippen LogP contribution in [0.2, 0.25) is 5.02 Å². The van der Waals surface area contributed by atoms with Crippen molar-refractivity contribution in [2.45, 2.75) is 13.1 Å². The summed E-state index contributed by atoms with van der Waals surface area (Å²) in [6.07, 6.45) is 3.84. The Hall–Kier alpha value is -1.63. The standard InChI is InChI=1S/C12H17ClN6/c1-18(6-9-5-15-19(2)7-9)8-11-10(13)3-4-12(16-11)17-14/h3-5,7H,6,8,14H2,1-2H3,(H,16,17). The molecular formula is C12H17ClN6. The van der Waals surface area contributed by atoms with Crippen LogP contribution < -0.4 is 11.3 Å². The largest absolute Gasteiger partial charge is 0.308 e. The van der Waals surface area contributed by atoms with Gasteiger partial charge in [-0.15, -0.1) is 0 Å². The van der Waals surface area contributed by atoms with Crippen LogP contribution in [0.15, 0.2) is 24.5 Å². The van der Waals surface area contributed by atoms with Crippen LogP contribution in [-0.4, -0.2) is 26.7 Å². The van der Waals surface area contributed by atoms with Crippen molar-refractivity contribution in [1.82, 2.24) is 19.7 Å². The Morgan fingerprint density at radius 3 is 2.84 bits per heavy atom. The van der Waals surface area contributed by atoms with Crippen LogP contribution >= 0.6 is 11.6 Å². The molecule has 3 N–H and O–H groups in total. The molecule has 0 spiro atoms. The molecule has 102 valence electrons. The molecule has 2 aromatic heterocycles. The van der Waals surface area contributed by atoms with Gasteiger partial charge >= 0.3 is 0 Å². The number of nitrogens with two attached hydrogens (primary N) is 1. The fraction of sp³-hybridized carbons (Fsp3) is 0.333. The molecule has 2 heterocycles. The number of nitrogens with zero attached hydrogens (tertiary/aromatic N) is 4. The highest BCUT2D eigenvalue weighted by Crippen LogP contribution is 2.18. The Kier molecular flexibility index (Phi) is 4.36. The molecule has 0 saturated heterocycles. The second-order valence-corrected chi connectivity index (χ2v) is 4.87. The highest BCUT2D eigenvalue weighted by atomic mass is 35.5. The Morgan fingerprint density at radius 1 is 1.42 bits per heavy atom. The summed E-state index contributed by atoms with van der Waals surface area (Å²) in [6.45, 7) is 1.43. The summed E-state index contributed by atoms with van der Waals surface area (Å²) in [5.41, 5.74) is 4.46. The van der Waals surface area contributed by atoms with Crippen molar-refractivity contribution < 1.29 is 0 Å². The fourth-order valence-electron chi connectivity index (χ4n) is 1.85. The predicted octanol–water partition coefficient (Wildman–Crippen LogP) is 1.39. The number of hydrazine groups is 1. The zero-order valence-electron chi connectivity index (χ0n) is 11.0. The fourth-order valence-corrected chi connectivity index (χ4v) is 2.02. The molecule has 2 rings (SSSR count).